The number of rotatable bonds is 6. The highest BCUT2D eigenvalue weighted by Crippen LogP contribution is 2.25. The molecule has 0 bridgehead atoms. The van der Waals surface area contributed by atoms with E-state index in [1.165, 1.54) is 0 Å². The standard InChI is InChI=1S/C12H13Br2NO2S/c1-2-3-4-5-8-15-18(16,17)12-7-6-10(13)9-11(12)14/h1,6-7,9,15H,3-5,8H2. The highest BCUT2D eigenvalue weighted by Gasteiger charge is 2.16. The summed E-state index contributed by atoms with van der Waals surface area (Å²) >= 11 is 6.52. The summed E-state index contributed by atoms with van der Waals surface area (Å²) in [5.41, 5.74) is 0. The molecule has 18 heavy (non-hydrogen) atoms. The normalized spacial score (nSPS) is 11.2. The number of nitrogens with one attached hydrogen (secondary N) is 1. The minimum atomic E-state index is -3.46. The average molecular weight is 395 g/mol. The van der Waals surface area contributed by atoms with Crippen molar-refractivity contribution in [3.05, 3.63) is 27.1 Å². The van der Waals surface area contributed by atoms with Gasteiger partial charge in [0, 0.05) is 21.9 Å². The van der Waals surface area contributed by atoms with Crippen molar-refractivity contribution in [3.8, 4) is 12.3 Å². The first-order chi connectivity index (χ1) is 8.47. The van der Waals surface area contributed by atoms with Crippen LogP contribution >= 0.6 is 31.9 Å². The lowest BCUT2D eigenvalue weighted by molar-refractivity contribution is 0.577. The Hall–Kier alpha value is -0.350. The molecular weight excluding hydrogens is 382 g/mol. The van der Waals surface area contributed by atoms with Gasteiger partial charge in [0.2, 0.25) is 10.0 Å². The zero-order valence-corrected chi connectivity index (χ0v) is 13.6. The van der Waals surface area contributed by atoms with Gasteiger partial charge in [-0.25, -0.2) is 13.1 Å². The molecule has 0 unspecified atom stereocenters. The minimum Gasteiger partial charge on any atom is -0.211 e. The lowest BCUT2D eigenvalue weighted by Crippen LogP contribution is -2.25. The Morgan fingerprint density at radius 3 is 2.61 bits per heavy atom. The number of benzene rings is 1. The molecule has 0 aliphatic carbocycles. The molecular formula is C12H13Br2NO2S. The topological polar surface area (TPSA) is 46.2 Å². The van der Waals surface area contributed by atoms with Gasteiger partial charge in [0.1, 0.15) is 0 Å². The fraction of sp³-hybridized carbons (Fsp3) is 0.333. The Morgan fingerprint density at radius 1 is 1.28 bits per heavy atom. The molecule has 3 nitrogen and oxygen atoms in total. The first-order valence-corrected chi connectivity index (χ1v) is 8.42. The van der Waals surface area contributed by atoms with Gasteiger partial charge in [-0.1, -0.05) is 15.9 Å². The molecule has 0 atom stereocenters. The number of unbranched alkanes of at least 4 members (excludes halogenated alkanes) is 2. The number of terminal acetylenes is 1. The van der Waals surface area contributed by atoms with E-state index in [0.717, 1.165) is 17.3 Å². The van der Waals surface area contributed by atoms with Crippen LogP contribution in [0.5, 0.6) is 0 Å². The maximum absolute atomic E-state index is 12.0. The molecule has 98 valence electrons. The second kappa shape index (κ2) is 7.29. The molecule has 0 saturated heterocycles. The van der Waals surface area contributed by atoms with E-state index in [4.69, 9.17) is 6.42 Å². The third-order valence-electron chi connectivity index (χ3n) is 2.22. The fourth-order valence-corrected chi connectivity index (χ4v) is 4.15. The van der Waals surface area contributed by atoms with Gasteiger partial charge < -0.3 is 0 Å². The average Bonchev–Trinajstić information content (AvgIpc) is 2.28. The zero-order valence-electron chi connectivity index (χ0n) is 9.62. The van der Waals surface area contributed by atoms with Crippen LogP contribution in [0.1, 0.15) is 19.3 Å². The molecule has 0 aliphatic heterocycles. The summed E-state index contributed by atoms with van der Waals surface area (Å²) in [6.07, 6.45) is 7.35. The molecule has 1 rings (SSSR count). The van der Waals surface area contributed by atoms with E-state index < -0.39 is 10.0 Å². The van der Waals surface area contributed by atoms with Crippen molar-refractivity contribution < 1.29 is 8.42 Å². The molecule has 0 aliphatic rings. The highest BCUT2D eigenvalue weighted by atomic mass is 79.9. The molecule has 0 fully saturated rings. The van der Waals surface area contributed by atoms with E-state index in [-0.39, 0.29) is 4.90 Å². The van der Waals surface area contributed by atoms with E-state index in [0.29, 0.717) is 17.4 Å². The van der Waals surface area contributed by atoms with Crippen molar-refractivity contribution >= 4 is 41.9 Å². The van der Waals surface area contributed by atoms with E-state index in [9.17, 15) is 8.42 Å². The highest BCUT2D eigenvalue weighted by molar-refractivity contribution is 9.11. The van der Waals surface area contributed by atoms with Crippen molar-refractivity contribution in [1.82, 2.24) is 4.72 Å². The van der Waals surface area contributed by atoms with E-state index in [1.54, 1.807) is 18.2 Å². The zero-order chi connectivity index (χ0) is 13.6. The minimum absolute atomic E-state index is 0.239. The molecule has 0 amide bonds. The summed E-state index contributed by atoms with van der Waals surface area (Å²) in [5.74, 6) is 2.52. The summed E-state index contributed by atoms with van der Waals surface area (Å²) in [6.45, 7) is 0.395. The van der Waals surface area contributed by atoms with Gasteiger partial charge in [0.15, 0.2) is 0 Å². The Bertz CT molecular complexity index is 550. The second-order valence-corrected chi connectivity index (χ2v) is 7.14. The van der Waals surface area contributed by atoms with E-state index >= 15 is 0 Å². The van der Waals surface area contributed by atoms with Crippen LogP contribution in [-0.4, -0.2) is 15.0 Å². The predicted molar refractivity (Wildman–Crippen MR) is 79.7 cm³/mol. The van der Waals surface area contributed by atoms with Crippen molar-refractivity contribution in [2.24, 2.45) is 0 Å². The first-order valence-electron chi connectivity index (χ1n) is 5.35. The summed E-state index contributed by atoms with van der Waals surface area (Å²) in [6, 6.07) is 4.95. The van der Waals surface area contributed by atoms with Crippen molar-refractivity contribution in [2.45, 2.75) is 24.2 Å². The molecule has 6 heteroatoms. The molecule has 1 N–H and O–H groups in total. The number of sulfonamides is 1. The Morgan fingerprint density at radius 2 is 2.00 bits per heavy atom. The molecule has 0 saturated carbocycles. The summed E-state index contributed by atoms with van der Waals surface area (Å²) in [5, 5.41) is 0. The van der Waals surface area contributed by atoms with Gasteiger partial charge in [-0.15, -0.1) is 12.3 Å². The van der Waals surface area contributed by atoms with Crippen LogP contribution < -0.4 is 4.72 Å². The van der Waals surface area contributed by atoms with Gasteiger partial charge in [-0.2, -0.15) is 0 Å². The van der Waals surface area contributed by atoms with E-state index in [2.05, 4.69) is 42.5 Å². The monoisotopic (exact) mass is 393 g/mol. The van der Waals surface area contributed by atoms with Gasteiger partial charge >= 0.3 is 0 Å². The Labute approximate surface area is 125 Å². The summed E-state index contributed by atoms with van der Waals surface area (Å²) in [7, 11) is -3.46. The van der Waals surface area contributed by atoms with Crippen LogP contribution in [-0.2, 0) is 10.0 Å². The lowest BCUT2D eigenvalue weighted by atomic mass is 10.2. The van der Waals surface area contributed by atoms with Gasteiger partial charge in [-0.3, -0.25) is 0 Å². The molecule has 0 radical (unpaired) electrons. The number of hydrogen-bond donors (Lipinski definition) is 1. The number of halogens is 2. The van der Waals surface area contributed by atoms with E-state index in [1.807, 2.05) is 0 Å². The second-order valence-electron chi connectivity index (χ2n) is 3.63. The van der Waals surface area contributed by atoms with Gasteiger partial charge in [0.25, 0.3) is 0 Å². The van der Waals surface area contributed by atoms with Crippen LogP contribution in [0.15, 0.2) is 32.0 Å². The molecule has 1 aromatic rings. The van der Waals surface area contributed by atoms with Crippen LogP contribution in [0, 0.1) is 12.3 Å². The fourth-order valence-electron chi connectivity index (χ4n) is 1.33. The maximum Gasteiger partial charge on any atom is 0.241 e. The molecule has 1 aromatic carbocycles. The maximum atomic E-state index is 12.0. The number of hydrogen-bond acceptors (Lipinski definition) is 2. The predicted octanol–water partition coefficient (Wildman–Crippen LogP) is 3.29. The summed E-state index contributed by atoms with van der Waals surface area (Å²) < 4.78 is 27.9. The largest absolute Gasteiger partial charge is 0.241 e. The Kier molecular flexibility index (Phi) is 6.36. The van der Waals surface area contributed by atoms with Crippen LogP contribution in [0.4, 0.5) is 0 Å². The van der Waals surface area contributed by atoms with Gasteiger partial charge in [-0.05, 0) is 47.0 Å². The van der Waals surface area contributed by atoms with Crippen molar-refractivity contribution in [1.29, 1.82) is 0 Å². The molecule has 0 spiro atoms. The van der Waals surface area contributed by atoms with Crippen LogP contribution in [0.3, 0.4) is 0 Å². The van der Waals surface area contributed by atoms with Crippen molar-refractivity contribution in [3.63, 3.8) is 0 Å². The van der Waals surface area contributed by atoms with Crippen molar-refractivity contribution in [2.75, 3.05) is 6.54 Å². The summed E-state index contributed by atoms with van der Waals surface area (Å²) in [4.78, 5) is 0.239. The quantitative estimate of drug-likeness (QED) is 0.594. The molecule has 0 aromatic heterocycles. The third kappa shape index (κ3) is 4.73. The Balaban J connectivity index is 2.66. The molecule has 0 heterocycles. The SMILES string of the molecule is C#CCCCCNS(=O)(=O)c1ccc(Br)cc1Br. The first kappa shape index (κ1) is 15.7. The van der Waals surface area contributed by atoms with Crippen LogP contribution in [0.25, 0.3) is 0 Å². The smallest absolute Gasteiger partial charge is 0.211 e. The third-order valence-corrected chi connectivity index (χ3v) is 5.15. The van der Waals surface area contributed by atoms with Gasteiger partial charge in [0.05, 0.1) is 4.90 Å². The lowest BCUT2D eigenvalue weighted by Gasteiger charge is -2.08. The van der Waals surface area contributed by atoms with Crippen LogP contribution in [0.2, 0.25) is 0 Å².